The Morgan fingerprint density at radius 1 is 1.11 bits per heavy atom. The molecule has 3 heterocycles. The Kier molecular flexibility index (Phi) is 6.68. The predicted octanol–water partition coefficient (Wildman–Crippen LogP) is 5.74. The standard InChI is InChI=1S/C26H27NO7S/c1-3-15(2)33-26(29)23-18-6-4-5-7-22(18)35-25(23)27-24(28)20-11-9-17(34-20)13-30-16-8-10-19-21(12-16)32-14-31-19/h8-12,15H,3-7,13-14H2,1-2H3,(H,27,28). The van der Waals surface area contributed by atoms with Crippen LogP contribution < -0.4 is 19.5 Å². The zero-order valence-electron chi connectivity index (χ0n) is 19.7. The summed E-state index contributed by atoms with van der Waals surface area (Å²) in [5.41, 5.74) is 1.48. The molecule has 2 aromatic heterocycles. The second kappa shape index (κ2) is 10.0. The molecule has 0 saturated carbocycles. The van der Waals surface area contributed by atoms with Crippen LogP contribution in [0.3, 0.4) is 0 Å². The van der Waals surface area contributed by atoms with E-state index in [4.69, 9.17) is 23.4 Å². The minimum absolute atomic E-state index is 0.141. The minimum atomic E-state index is -0.421. The second-order valence-corrected chi connectivity index (χ2v) is 9.67. The van der Waals surface area contributed by atoms with Crippen LogP contribution in [0.2, 0.25) is 0 Å². The Bertz CT molecular complexity index is 1240. The van der Waals surface area contributed by atoms with Crippen molar-refractivity contribution in [2.24, 2.45) is 0 Å². The van der Waals surface area contributed by atoms with E-state index in [0.29, 0.717) is 33.6 Å². The molecule has 1 unspecified atom stereocenters. The Labute approximate surface area is 207 Å². The molecule has 8 nitrogen and oxygen atoms in total. The van der Waals surface area contributed by atoms with Crippen molar-refractivity contribution in [3.63, 3.8) is 0 Å². The quantitative estimate of drug-likeness (QED) is 0.397. The average molecular weight is 498 g/mol. The maximum absolute atomic E-state index is 13.0. The van der Waals surface area contributed by atoms with E-state index in [2.05, 4.69) is 5.32 Å². The van der Waals surface area contributed by atoms with Gasteiger partial charge in [0.2, 0.25) is 6.79 Å². The molecule has 0 saturated heterocycles. The van der Waals surface area contributed by atoms with Crippen molar-refractivity contribution in [1.82, 2.24) is 0 Å². The van der Waals surface area contributed by atoms with Gasteiger partial charge in [-0.2, -0.15) is 0 Å². The highest BCUT2D eigenvalue weighted by molar-refractivity contribution is 7.17. The van der Waals surface area contributed by atoms with Crippen LogP contribution in [0.4, 0.5) is 5.00 Å². The number of benzene rings is 1. The summed E-state index contributed by atoms with van der Waals surface area (Å²) in [5.74, 6) is 1.74. The molecular formula is C26H27NO7S. The van der Waals surface area contributed by atoms with Gasteiger partial charge in [-0.25, -0.2) is 4.79 Å². The Morgan fingerprint density at radius 2 is 1.94 bits per heavy atom. The van der Waals surface area contributed by atoms with E-state index < -0.39 is 5.91 Å². The minimum Gasteiger partial charge on any atom is -0.486 e. The number of thiophene rings is 1. The molecule has 1 atom stereocenters. The highest BCUT2D eigenvalue weighted by atomic mass is 32.1. The van der Waals surface area contributed by atoms with E-state index in [1.54, 1.807) is 30.3 Å². The van der Waals surface area contributed by atoms with E-state index in [9.17, 15) is 9.59 Å². The summed E-state index contributed by atoms with van der Waals surface area (Å²) in [4.78, 5) is 27.1. The number of hydrogen-bond donors (Lipinski definition) is 1. The monoisotopic (exact) mass is 497 g/mol. The lowest BCUT2D eigenvalue weighted by Gasteiger charge is -2.15. The summed E-state index contributed by atoms with van der Waals surface area (Å²) in [6, 6.07) is 8.60. The lowest BCUT2D eigenvalue weighted by molar-refractivity contribution is 0.0335. The largest absolute Gasteiger partial charge is 0.486 e. The van der Waals surface area contributed by atoms with Crippen molar-refractivity contribution in [1.29, 1.82) is 0 Å². The van der Waals surface area contributed by atoms with Gasteiger partial charge in [0.05, 0.1) is 11.7 Å². The number of esters is 1. The molecule has 0 fully saturated rings. The molecular weight excluding hydrogens is 470 g/mol. The first-order valence-corrected chi connectivity index (χ1v) is 12.6. The number of hydrogen-bond acceptors (Lipinski definition) is 8. The summed E-state index contributed by atoms with van der Waals surface area (Å²) in [6.07, 6.45) is 4.35. The molecule has 184 valence electrons. The van der Waals surface area contributed by atoms with Crippen molar-refractivity contribution in [3.8, 4) is 17.2 Å². The highest BCUT2D eigenvalue weighted by Crippen LogP contribution is 2.39. The van der Waals surface area contributed by atoms with Crippen LogP contribution in [0.1, 0.15) is 70.2 Å². The van der Waals surface area contributed by atoms with E-state index in [-0.39, 0.29) is 31.2 Å². The summed E-state index contributed by atoms with van der Waals surface area (Å²) in [7, 11) is 0. The van der Waals surface area contributed by atoms with E-state index in [1.165, 1.54) is 11.3 Å². The Balaban J connectivity index is 1.28. The summed E-state index contributed by atoms with van der Waals surface area (Å²) >= 11 is 1.45. The third-order valence-electron chi connectivity index (χ3n) is 6.10. The first kappa shape index (κ1) is 23.3. The van der Waals surface area contributed by atoms with Crippen LogP contribution in [0.25, 0.3) is 0 Å². The van der Waals surface area contributed by atoms with Gasteiger partial charge in [-0.15, -0.1) is 11.3 Å². The molecule has 0 bridgehead atoms. The Morgan fingerprint density at radius 3 is 2.80 bits per heavy atom. The number of ether oxygens (including phenoxy) is 4. The fourth-order valence-corrected chi connectivity index (χ4v) is 5.33. The van der Waals surface area contributed by atoms with Crippen LogP contribution in [-0.4, -0.2) is 24.8 Å². The van der Waals surface area contributed by atoms with Crippen LogP contribution in [0.5, 0.6) is 17.2 Å². The van der Waals surface area contributed by atoms with Gasteiger partial charge in [-0.3, -0.25) is 4.79 Å². The molecule has 5 rings (SSSR count). The summed E-state index contributed by atoms with van der Waals surface area (Å²) < 4.78 is 27.7. The molecule has 0 spiro atoms. The fourth-order valence-electron chi connectivity index (χ4n) is 4.06. The molecule has 1 aliphatic heterocycles. The molecule has 0 radical (unpaired) electrons. The number of anilines is 1. The number of fused-ring (bicyclic) bond motifs is 2. The van der Waals surface area contributed by atoms with Gasteiger partial charge in [0.1, 0.15) is 23.1 Å². The number of aryl methyl sites for hydroxylation is 1. The van der Waals surface area contributed by atoms with E-state index in [1.807, 2.05) is 13.8 Å². The van der Waals surface area contributed by atoms with Gasteiger partial charge in [0.15, 0.2) is 17.3 Å². The fraction of sp³-hybridized carbons (Fsp3) is 0.385. The summed E-state index contributed by atoms with van der Waals surface area (Å²) in [6.45, 7) is 4.17. The van der Waals surface area contributed by atoms with Crippen LogP contribution in [0.15, 0.2) is 34.7 Å². The molecule has 2 aliphatic rings. The molecule has 1 amide bonds. The number of carbonyl (C=O) groups is 2. The second-order valence-electron chi connectivity index (χ2n) is 8.56. The number of nitrogens with one attached hydrogen (secondary N) is 1. The lowest BCUT2D eigenvalue weighted by Crippen LogP contribution is -2.18. The number of carbonyl (C=O) groups excluding carboxylic acids is 2. The van der Waals surface area contributed by atoms with Crippen LogP contribution in [0, 0.1) is 0 Å². The van der Waals surface area contributed by atoms with Gasteiger partial charge in [-0.1, -0.05) is 6.92 Å². The predicted molar refractivity (Wildman–Crippen MR) is 130 cm³/mol. The summed E-state index contributed by atoms with van der Waals surface area (Å²) in [5, 5.41) is 3.40. The normalized spacial score (nSPS) is 14.8. The average Bonchev–Trinajstić information content (AvgIpc) is 3.60. The van der Waals surface area contributed by atoms with Gasteiger partial charge in [-0.05, 0) is 68.9 Å². The zero-order valence-corrected chi connectivity index (χ0v) is 20.5. The molecule has 1 aromatic carbocycles. The van der Waals surface area contributed by atoms with Crippen molar-refractivity contribution in [2.45, 2.75) is 58.7 Å². The van der Waals surface area contributed by atoms with Crippen LogP contribution >= 0.6 is 11.3 Å². The topological polar surface area (TPSA) is 96.2 Å². The van der Waals surface area contributed by atoms with E-state index in [0.717, 1.165) is 42.5 Å². The van der Waals surface area contributed by atoms with Gasteiger partial charge >= 0.3 is 5.97 Å². The number of rotatable bonds is 8. The van der Waals surface area contributed by atoms with Crippen molar-refractivity contribution in [3.05, 3.63) is 57.9 Å². The molecule has 9 heteroatoms. The van der Waals surface area contributed by atoms with Crippen molar-refractivity contribution < 1.29 is 33.0 Å². The van der Waals surface area contributed by atoms with Gasteiger partial charge < -0.3 is 28.7 Å². The third kappa shape index (κ3) is 5.00. The number of furan rings is 1. The van der Waals surface area contributed by atoms with Crippen LogP contribution in [-0.2, 0) is 24.2 Å². The molecule has 35 heavy (non-hydrogen) atoms. The maximum Gasteiger partial charge on any atom is 0.341 e. The zero-order chi connectivity index (χ0) is 24.4. The first-order chi connectivity index (χ1) is 17.0. The SMILES string of the molecule is CCC(C)OC(=O)c1c(NC(=O)c2ccc(COc3ccc4c(c3)OCO4)o2)sc2c1CCCC2. The number of amides is 1. The van der Waals surface area contributed by atoms with Crippen molar-refractivity contribution in [2.75, 3.05) is 12.1 Å². The van der Waals surface area contributed by atoms with Gasteiger partial charge in [0.25, 0.3) is 5.91 Å². The lowest BCUT2D eigenvalue weighted by atomic mass is 9.95. The molecule has 1 N–H and O–H groups in total. The van der Waals surface area contributed by atoms with Gasteiger partial charge in [0, 0.05) is 10.9 Å². The highest BCUT2D eigenvalue weighted by Gasteiger charge is 2.29. The molecule has 3 aromatic rings. The third-order valence-corrected chi connectivity index (χ3v) is 7.30. The van der Waals surface area contributed by atoms with Crippen molar-refractivity contribution >= 4 is 28.2 Å². The first-order valence-electron chi connectivity index (χ1n) is 11.8. The smallest absolute Gasteiger partial charge is 0.341 e. The molecule has 1 aliphatic carbocycles. The van der Waals surface area contributed by atoms with E-state index >= 15 is 0 Å². The Hall–Kier alpha value is -3.46. The maximum atomic E-state index is 13.0.